The fourth-order valence-corrected chi connectivity index (χ4v) is 20.6. The molecule has 0 spiro atoms. The quantitative estimate of drug-likeness (QED) is 0.682. The van der Waals surface area contributed by atoms with E-state index in [4.69, 9.17) is 20.6 Å². The van der Waals surface area contributed by atoms with E-state index >= 15 is 0 Å². The fourth-order valence-electron chi connectivity index (χ4n) is 1.97. The van der Waals surface area contributed by atoms with Crippen LogP contribution in [0.1, 0.15) is 34.6 Å². The number of hydrogen-bond acceptors (Lipinski definition) is 5. The van der Waals surface area contributed by atoms with Gasteiger partial charge in [-0.1, -0.05) is 34.6 Å². The molecular formula is C10H30O5Si5. The van der Waals surface area contributed by atoms with Gasteiger partial charge in [-0.2, -0.15) is 0 Å². The predicted octanol–water partition coefficient (Wildman–Crippen LogP) is 1.28. The molecule has 10 heteroatoms. The van der Waals surface area contributed by atoms with Crippen molar-refractivity contribution in [2.45, 2.75) is 64.8 Å². The molecule has 0 aliphatic carbocycles. The van der Waals surface area contributed by atoms with Crippen LogP contribution in [0.15, 0.2) is 0 Å². The zero-order chi connectivity index (χ0) is 15.0. The molecule has 1 heterocycles. The molecular weight excluding hydrogens is 341 g/mol. The average molecular weight is 371 g/mol. The van der Waals surface area contributed by atoms with Crippen LogP contribution in [0.5, 0.6) is 0 Å². The molecule has 0 amide bonds. The van der Waals surface area contributed by atoms with Gasteiger partial charge in [0, 0.05) is 0 Å². The summed E-state index contributed by atoms with van der Waals surface area (Å²) in [7, 11) is -7.97. The van der Waals surface area contributed by atoms with Gasteiger partial charge < -0.3 is 20.6 Å². The lowest BCUT2D eigenvalue weighted by atomic mass is 11.0. The van der Waals surface area contributed by atoms with Crippen LogP contribution >= 0.6 is 0 Å². The van der Waals surface area contributed by atoms with Crippen LogP contribution in [0.4, 0.5) is 0 Å². The highest BCUT2D eigenvalue weighted by molar-refractivity contribution is 6.74. The first-order chi connectivity index (χ1) is 9.66. The molecule has 0 unspecified atom stereocenters. The van der Waals surface area contributed by atoms with Crippen LogP contribution in [-0.2, 0) is 20.6 Å². The Hall–Kier alpha value is 0.884. The summed E-state index contributed by atoms with van der Waals surface area (Å²) in [5, 5.41) is 0. The maximum Gasteiger partial charge on any atom is 0.303 e. The number of hydrogen-bond donors (Lipinski definition) is 0. The second-order valence-corrected chi connectivity index (χ2v) is 18.7. The molecule has 1 aliphatic heterocycles. The van der Waals surface area contributed by atoms with Crippen molar-refractivity contribution in [3.8, 4) is 0 Å². The van der Waals surface area contributed by atoms with Crippen molar-refractivity contribution in [2.75, 3.05) is 0 Å². The van der Waals surface area contributed by atoms with Crippen molar-refractivity contribution in [3.63, 3.8) is 0 Å². The van der Waals surface area contributed by atoms with Gasteiger partial charge >= 0.3 is 46.4 Å². The van der Waals surface area contributed by atoms with E-state index in [0.29, 0.717) is 0 Å². The maximum absolute atomic E-state index is 6.22. The summed E-state index contributed by atoms with van der Waals surface area (Å²) in [6.45, 7) is 10.8. The van der Waals surface area contributed by atoms with E-state index in [9.17, 15) is 0 Å². The van der Waals surface area contributed by atoms with E-state index < -0.39 is 46.4 Å². The predicted molar refractivity (Wildman–Crippen MR) is 93.6 cm³/mol. The SMILES string of the molecule is CC[SiH]1O[SiH](CC)O[SiH](CC)O[SiH](CC)O[SiH](CC)O1. The van der Waals surface area contributed by atoms with Crippen molar-refractivity contribution in [1.29, 1.82) is 0 Å². The molecule has 1 rings (SSSR count). The monoisotopic (exact) mass is 370 g/mol. The van der Waals surface area contributed by atoms with Crippen molar-refractivity contribution < 1.29 is 20.6 Å². The maximum atomic E-state index is 6.22. The normalized spacial score (nSPS) is 36.8. The molecule has 1 aliphatic rings. The van der Waals surface area contributed by atoms with E-state index in [1.54, 1.807) is 0 Å². The topological polar surface area (TPSA) is 46.2 Å². The van der Waals surface area contributed by atoms with Gasteiger partial charge in [-0.15, -0.1) is 0 Å². The third-order valence-electron chi connectivity index (χ3n) is 3.18. The first-order valence-electron chi connectivity index (χ1n) is 7.93. The van der Waals surface area contributed by atoms with Gasteiger partial charge in [-0.25, -0.2) is 0 Å². The van der Waals surface area contributed by atoms with Gasteiger partial charge in [-0.05, 0) is 30.2 Å². The van der Waals surface area contributed by atoms with Gasteiger partial charge in [0.2, 0.25) is 0 Å². The number of rotatable bonds is 5. The van der Waals surface area contributed by atoms with Crippen LogP contribution in [0.3, 0.4) is 0 Å². The van der Waals surface area contributed by atoms with Gasteiger partial charge in [0.05, 0.1) is 0 Å². The average Bonchev–Trinajstić information content (AvgIpc) is 2.49. The van der Waals surface area contributed by atoms with E-state index in [-0.39, 0.29) is 0 Å². The minimum atomic E-state index is -1.59. The molecule has 0 N–H and O–H groups in total. The van der Waals surface area contributed by atoms with Crippen molar-refractivity contribution in [1.82, 2.24) is 0 Å². The highest BCUT2D eigenvalue weighted by Gasteiger charge is 2.31. The third-order valence-corrected chi connectivity index (χ3v) is 18.7. The van der Waals surface area contributed by atoms with E-state index in [1.165, 1.54) is 0 Å². The Bertz CT molecular complexity index is 194. The molecule has 1 fully saturated rings. The van der Waals surface area contributed by atoms with E-state index in [2.05, 4.69) is 34.6 Å². The second kappa shape index (κ2) is 10.6. The van der Waals surface area contributed by atoms with Gasteiger partial charge in [0.25, 0.3) is 0 Å². The van der Waals surface area contributed by atoms with Crippen LogP contribution in [0, 0.1) is 0 Å². The first kappa shape index (κ1) is 18.9. The summed E-state index contributed by atoms with van der Waals surface area (Å²) in [6, 6.07) is 4.99. The minimum Gasteiger partial charge on any atom is -0.420 e. The smallest absolute Gasteiger partial charge is 0.303 e. The van der Waals surface area contributed by atoms with Crippen LogP contribution in [-0.4, -0.2) is 46.4 Å². The summed E-state index contributed by atoms with van der Waals surface area (Å²) < 4.78 is 31.1. The molecule has 0 aromatic heterocycles. The molecule has 0 atom stereocenters. The summed E-state index contributed by atoms with van der Waals surface area (Å²) in [4.78, 5) is 0. The highest BCUT2D eigenvalue weighted by Crippen LogP contribution is 2.15. The lowest BCUT2D eigenvalue weighted by Crippen LogP contribution is -2.47. The van der Waals surface area contributed by atoms with Crippen molar-refractivity contribution in [2.24, 2.45) is 0 Å². The van der Waals surface area contributed by atoms with E-state index in [1.807, 2.05) is 0 Å². The summed E-state index contributed by atoms with van der Waals surface area (Å²) in [5.41, 5.74) is 0. The van der Waals surface area contributed by atoms with Crippen LogP contribution < -0.4 is 0 Å². The Morgan fingerprint density at radius 2 is 0.550 bits per heavy atom. The molecule has 20 heavy (non-hydrogen) atoms. The van der Waals surface area contributed by atoms with Gasteiger partial charge in [0.15, 0.2) is 0 Å². The largest absolute Gasteiger partial charge is 0.420 e. The molecule has 5 nitrogen and oxygen atoms in total. The van der Waals surface area contributed by atoms with Crippen molar-refractivity contribution >= 4 is 46.4 Å². The zero-order valence-electron chi connectivity index (χ0n) is 13.5. The van der Waals surface area contributed by atoms with Gasteiger partial charge in [0.1, 0.15) is 0 Å². The zero-order valence-corrected chi connectivity index (χ0v) is 19.2. The Kier molecular flexibility index (Phi) is 10.0. The van der Waals surface area contributed by atoms with E-state index in [0.717, 1.165) is 30.2 Å². The molecule has 120 valence electrons. The Morgan fingerprint density at radius 1 is 0.400 bits per heavy atom. The molecule has 0 radical (unpaired) electrons. The molecule has 0 bridgehead atoms. The lowest BCUT2D eigenvalue weighted by molar-refractivity contribution is 0.282. The highest BCUT2D eigenvalue weighted by atomic mass is 28.5. The molecule has 0 aromatic carbocycles. The van der Waals surface area contributed by atoms with Crippen LogP contribution in [0.2, 0.25) is 30.2 Å². The summed E-state index contributed by atoms with van der Waals surface area (Å²) in [5.74, 6) is 0. The molecule has 0 aromatic rings. The Balaban J connectivity index is 2.80. The standard InChI is InChI=1S/C10H30O5Si5/c1-6-16-11-17(7-2)13-19(9-4)15-20(10-5)14-18(8-3)12-16/h16-20H,6-10H2,1-5H3. The van der Waals surface area contributed by atoms with Crippen molar-refractivity contribution in [3.05, 3.63) is 0 Å². The van der Waals surface area contributed by atoms with Crippen LogP contribution in [0.25, 0.3) is 0 Å². The minimum absolute atomic E-state index is 0.997. The molecule has 1 saturated heterocycles. The third kappa shape index (κ3) is 6.33. The summed E-state index contributed by atoms with van der Waals surface area (Å²) in [6.07, 6.45) is 0. The summed E-state index contributed by atoms with van der Waals surface area (Å²) >= 11 is 0. The second-order valence-electron chi connectivity index (χ2n) is 4.87. The van der Waals surface area contributed by atoms with Gasteiger partial charge in [-0.3, -0.25) is 0 Å². The Morgan fingerprint density at radius 3 is 0.650 bits per heavy atom. The Labute approximate surface area is 132 Å². The lowest BCUT2D eigenvalue weighted by Gasteiger charge is -2.33. The molecule has 0 saturated carbocycles. The fraction of sp³-hybridized carbons (Fsp3) is 1.00. The first-order valence-corrected chi connectivity index (χ1v) is 16.7.